The fourth-order valence-corrected chi connectivity index (χ4v) is 2.55. The molecule has 0 atom stereocenters. The van der Waals surface area contributed by atoms with E-state index in [2.05, 4.69) is 16.4 Å². The lowest BCUT2D eigenvalue weighted by Gasteiger charge is -2.25. The zero-order valence-corrected chi connectivity index (χ0v) is 8.06. The van der Waals surface area contributed by atoms with Gasteiger partial charge in [-0.15, -0.1) is 0 Å². The molecule has 0 saturated heterocycles. The van der Waals surface area contributed by atoms with Crippen LogP contribution in [0, 0.1) is 0 Å². The van der Waals surface area contributed by atoms with E-state index in [9.17, 15) is 0 Å². The number of allylic oxidation sites excluding steroid dienone is 1. The van der Waals surface area contributed by atoms with Crippen LogP contribution in [-0.4, -0.2) is 25.2 Å². The van der Waals surface area contributed by atoms with Gasteiger partial charge in [-0.3, -0.25) is 0 Å². The topological polar surface area (TPSA) is 12.5 Å². The first-order chi connectivity index (χ1) is 5.92. The van der Waals surface area contributed by atoms with E-state index in [4.69, 9.17) is 4.74 Å². The monoisotopic (exact) mass is 183 g/mol. The predicted octanol–water partition coefficient (Wildman–Crippen LogP) is 2.16. The van der Waals surface area contributed by atoms with Crippen molar-refractivity contribution in [3.63, 3.8) is 0 Å². The highest BCUT2D eigenvalue weighted by atomic mass is 32.2. The van der Waals surface area contributed by atoms with Gasteiger partial charge in [0.1, 0.15) is 0 Å². The maximum Gasteiger partial charge on any atom is 0.0869 e. The maximum atomic E-state index is 5.12. The second-order valence-corrected chi connectivity index (χ2v) is 3.89. The fourth-order valence-electron chi connectivity index (χ4n) is 1.54. The second kappa shape index (κ2) is 3.54. The number of fused-ring (bicyclic) bond motifs is 1. The molecule has 66 valence electrons. The van der Waals surface area contributed by atoms with Crippen LogP contribution in [0.4, 0.5) is 0 Å². The van der Waals surface area contributed by atoms with Crippen molar-refractivity contribution in [2.45, 2.75) is 12.8 Å². The molecule has 2 rings (SSSR count). The average molecular weight is 183 g/mol. The van der Waals surface area contributed by atoms with Crippen LogP contribution < -0.4 is 0 Å². The quantitative estimate of drug-likeness (QED) is 0.651. The van der Waals surface area contributed by atoms with Gasteiger partial charge in [0.25, 0.3) is 0 Å². The molecule has 0 unspecified atom stereocenters. The van der Waals surface area contributed by atoms with E-state index in [0.717, 1.165) is 13.2 Å². The summed E-state index contributed by atoms with van der Waals surface area (Å²) in [6, 6.07) is 0. The van der Waals surface area contributed by atoms with Gasteiger partial charge >= 0.3 is 0 Å². The minimum absolute atomic E-state index is 0.740. The summed E-state index contributed by atoms with van der Waals surface area (Å²) in [5.41, 5.74) is 1.31. The van der Waals surface area contributed by atoms with Gasteiger partial charge in [0, 0.05) is 13.7 Å². The molecule has 12 heavy (non-hydrogen) atoms. The molecule has 0 spiro atoms. The van der Waals surface area contributed by atoms with E-state index in [0.29, 0.717) is 0 Å². The molecule has 0 fully saturated rings. The fraction of sp³-hybridized carbons (Fsp3) is 0.556. The highest BCUT2D eigenvalue weighted by Crippen LogP contribution is 2.37. The minimum Gasteiger partial charge on any atom is -0.378 e. The van der Waals surface area contributed by atoms with Crippen molar-refractivity contribution in [2.75, 3.05) is 20.3 Å². The van der Waals surface area contributed by atoms with Crippen LogP contribution >= 0.6 is 11.8 Å². The first-order valence-corrected chi connectivity index (χ1v) is 5.12. The van der Waals surface area contributed by atoms with Gasteiger partial charge in [-0.2, -0.15) is 0 Å². The minimum atomic E-state index is 0.740. The van der Waals surface area contributed by atoms with Crippen LogP contribution in [0.25, 0.3) is 0 Å². The molecule has 0 radical (unpaired) electrons. The zero-order valence-electron chi connectivity index (χ0n) is 7.25. The van der Waals surface area contributed by atoms with Crippen LogP contribution in [0.3, 0.4) is 0 Å². The van der Waals surface area contributed by atoms with E-state index in [1.54, 1.807) is 7.11 Å². The summed E-state index contributed by atoms with van der Waals surface area (Å²) < 4.78 is 5.12. The number of nitrogens with zero attached hydrogens (tertiary/aromatic N) is 1. The van der Waals surface area contributed by atoms with Crippen molar-refractivity contribution in [1.82, 2.24) is 4.90 Å². The van der Waals surface area contributed by atoms with E-state index in [1.807, 2.05) is 11.8 Å². The lowest BCUT2D eigenvalue weighted by Crippen LogP contribution is -2.23. The summed E-state index contributed by atoms with van der Waals surface area (Å²) in [6.45, 7) is 1.90. The molecule has 2 aliphatic heterocycles. The van der Waals surface area contributed by atoms with E-state index < -0.39 is 0 Å². The number of hydrogen-bond acceptors (Lipinski definition) is 3. The first kappa shape index (κ1) is 8.20. The lowest BCUT2D eigenvalue weighted by atomic mass is 10.2. The largest absolute Gasteiger partial charge is 0.378 e. The molecule has 0 bridgehead atoms. The molecule has 2 heterocycles. The Bertz CT molecular complexity index is 235. The summed E-state index contributed by atoms with van der Waals surface area (Å²) >= 11 is 1.82. The summed E-state index contributed by atoms with van der Waals surface area (Å²) in [7, 11) is 1.75. The maximum absolute atomic E-state index is 5.12. The Morgan fingerprint density at radius 3 is 3.42 bits per heavy atom. The Labute approximate surface area is 77.3 Å². The van der Waals surface area contributed by atoms with Gasteiger partial charge in [-0.05, 0) is 18.2 Å². The molecule has 0 saturated carbocycles. The SMILES string of the molecule is COCC1=CSC2=CCCCN12. The number of hydrogen-bond donors (Lipinski definition) is 0. The smallest absolute Gasteiger partial charge is 0.0869 e. The van der Waals surface area contributed by atoms with Crippen molar-refractivity contribution >= 4 is 11.8 Å². The van der Waals surface area contributed by atoms with Gasteiger partial charge in [-0.25, -0.2) is 0 Å². The second-order valence-electron chi connectivity index (χ2n) is 3.00. The number of methoxy groups -OCH3 is 1. The van der Waals surface area contributed by atoms with Crippen LogP contribution in [0.1, 0.15) is 12.8 Å². The Morgan fingerprint density at radius 1 is 1.67 bits per heavy atom. The number of thioether (sulfide) groups is 1. The normalized spacial score (nSPS) is 21.9. The summed E-state index contributed by atoms with van der Waals surface area (Å²) in [5.74, 6) is 0. The van der Waals surface area contributed by atoms with Gasteiger partial charge in [0.2, 0.25) is 0 Å². The summed E-state index contributed by atoms with van der Waals surface area (Å²) in [5, 5.41) is 3.59. The molecule has 0 N–H and O–H groups in total. The van der Waals surface area contributed by atoms with Crippen molar-refractivity contribution in [3.8, 4) is 0 Å². The number of rotatable bonds is 2. The van der Waals surface area contributed by atoms with Crippen molar-refractivity contribution in [3.05, 3.63) is 22.2 Å². The molecule has 0 amide bonds. The Hall–Kier alpha value is -0.410. The lowest BCUT2D eigenvalue weighted by molar-refractivity contribution is 0.201. The average Bonchev–Trinajstić information content (AvgIpc) is 2.50. The molecule has 0 aromatic rings. The molecular formula is C9H13NOS. The zero-order chi connectivity index (χ0) is 8.39. The van der Waals surface area contributed by atoms with Gasteiger partial charge in [-0.1, -0.05) is 17.8 Å². The van der Waals surface area contributed by atoms with Crippen molar-refractivity contribution in [1.29, 1.82) is 0 Å². The van der Waals surface area contributed by atoms with Crippen LogP contribution in [0.15, 0.2) is 22.2 Å². The van der Waals surface area contributed by atoms with Gasteiger partial charge in [0.05, 0.1) is 17.3 Å². The standard InChI is InChI=1S/C9H13NOS/c1-11-6-8-7-12-9-4-2-3-5-10(8)9/h4,7H,2-3,5-6H2,1H3. The van der Waals surface area contributed by atoms with Gasteiger partial charge < -0.3 is 9.64 Å². The van der Waals surface area contributed by atoms with Crippen molar-refractivity contribution in [2.24, 2.45) is 0 Å². The van der Waals surface area contributed by atoms with Crippen LogP contribution in [-0.2, 0) is 4.74 Å². The molecule has 2 aliphatic rings. The van der Waals surface area contributed by atoms with Crippen LogP contribution in [0.5, 0.6) is 0 Å². The molecule has 0 aliphatic carbocycles. The van der Waals surface area contributed by atoms with Crippen LogP contribution in [0.2, 0.25) is 0 Å². The van der Waals surface area contributed by atoms with E-state index in [1.165, 1.54) is 23.6 Å². The highest BCUT2D eigenvalue weighted by Gasteiger charge is 2.22. The third-order valence-corrected chi connectivity index (χ3v) is 3.14. The van der Waals surface area contributed by atoms with E-state index in [-0.39, 0.29) is 0 Å². The molecule has 0 aromatic heterocycles. The van der Waals surface area contributed by atoms with Gasteiger partial charge in [0.15, 0.2) is 0 Å². The Kier molecular flexibility index (Phi) is 2.42. The Balaban J connectivity index is 2.09. The summed E-state index contributed by atoms with van der Waals surface area (Å²) in [6.07, 6.45) is 4.81. The molecule has 3 heteroatoms. The summed E-state index contributed by atoms with van der Waals surface area (Å²) in [4.78, 5) is 2.36. The predicted molar refractivity (Wildman–Crippen MR) is 51.6 cm³/mol. The first-order valence-electron chi connectivity index (χ1n) is 4.24. The molecular weight excluding hydrogens is 170 g/mol. The Morgan fingerprint density at radius 2 is 2.58 bits per heavy atom. The number of ether oxygens (including phenoxy) is 1. The third kappa shape index (κ3) is 1.39. The van der Waals surface area contributed by atoms with Crippen molar-refractivity contribution < 1.29 is 4.74 Å². The molecule has 2 nitrogen and oxygen atoms in total. The highest BCUT2D eigenvalue weighted by molar-refractivity contribution is 8.06. The third-order valence-electron chi connectivity index (χ3n) is 2.13. The van der Waals surface area contributed by atoms with E-state index >= 15 is 0 Å². The molecule has 0 aromatic carbocycles.